The average Bonchev–Trinajstić information content (AvgIpc) is 2.65. The number of carbonyl (C=O) groups is 3. The van der Waals surface area contributed by atoms with Gasteiger partial charge in [0.1, 0.15) is 0 Å². The van der Waals surface area contributed by atoms with Crippen LogP contribution < -0.4 is 10.6 Å². The number of carbonyl (C=O) groups excluding carboxylic acids is 3. The maximum absolute atomic E-state index is 11.9. The van der Waals surface area contributed by atoms with Crippen molar-refractivity contribution in [3.63, 3.8) is 0 Å². The number of hydrogen-bond donors (Lipinski definition) is 2. The van der Waals surface area contributed by atoms with E-state index in [2.05, 4.69) is 10.6 Å². The SMILES string of the molecule is Cc1ccc(C)c(NC(=O)COC(=O)CSCC(=O)Nc2ccc(Cl)cc2)c1. The van der Waals surface area contributed by atoms with E-state index in [1.807, 2.05) is 32.0 Å². The fourth-order valence-corrected chi connectivity index (χ4v) is 2.94. The van der Waals surface area contributed by atoms with Crippen LogP contribution in [0.25, 0.3) is 0 Å². The van der Waals surface area contributed by atoms with Crippen molar-refractivity contribution >= 4 is 52.5 Å². The molecule has 0 aromatic heterocycles. The number of anilines is 2. The van der Waals surface area contributed by atoms with Crippen molar-refractivity contribution in [3.05, 3.63) is 58.6 Å². The van der Waals surface area contributed by atoms with E-state index in [9.17, 15) is 14.4 Å². The predicted molar refractivity (Wildman–Crippen MR) is 113 cm³/mol. The van der Waals surface area contributed by atoms with Gasteiger partial charge in [0, 0.05) is 16.4 Å². The predicted octanol–water partition coefficient (Wildman–Crippen LogP) is 3.81. The van der Waals surface area contributed by atoms with Crippen molar-refractivity contribution < 1.29 is 19.1 Å². The summed E-state index contributed by atoms with van der Waals surface area (Å²) in [5.41, 5.74) is 3.26. The summed E-state index contributed by atoms with van der Waals surface area (Å²) in [5.74, 6) is -1.14. The van der Waals surface area contributed by atoms with Crippen molar-refractivity contribution in [2.45, 2.75) is 13.8 Å². The van der Waals surface area contributed by atoms with Gasteiger partial charge in [-0.15, -0.1) is 11.8 Å². The normalized spacial score (nSPS) is 10.2. The smallest absolute Gasteiger partial charge is 0.316 e. The monoisotopic (exact) mass is 420 g/mol. The average molecular weight is 421 g/mol. The molecule has 0 aliphatic heterocycles. The molecule has 0 saturated heterocycles. The number of nitrogens with one attached hydrogen (secondary N) is 2. The van der Waals surface area contributed by atoms with Gasteiger partial charge in [0.15, 0.2) is 6.61 Å². The molecule has 2 aromatic rings. The van der Waals surface area contributed by atoms with Crippen LogP contribution in [0.2, 0.25) is 5.02 Å². The van der Waals surface area contributed by atoms with Crippen LogP contribution in [-0.4, -0.2) is 35.9 Å². The Balaban J connectivity index is 1.65. The second kappa shape index (κ2) is 10.7. The van der Waals surface area contributed by atoms with Crippen LogP contribution in [0.3, 0.4) is 0 Å². The summed E-state index contributed by atoms with van der Waals surface area (Å²) in [6, 6.07) is 12.4. The first-order valence-electron chi connectivity index (χ1n) is 8.49. The van der Waals surface area contributed by atoms with Crippen molar-refractivity contribution in [1.29, 1.82) is 0 Å². The Morgan fingerprint density at radius 1 is 0.964 bits per heavy atom. The first-order valence-corrected chi connectivity index (χ1v) is 10.0. The third-order valence-electron chi connectivity index (χ3n) is 3.61. The fourth-order valence-electron chi connectivity index (χ4n) is 2.20. The van der Waals surface area contributed by atoms with Gasteiger partial charge in [-0.25, -0.2) is 0 Å². The van der Waals surface area contributed by atoms with E-state index in [1.54, 1.807) is 24.3 Å². The minimum atomic E-state index is -0.555. The Hall–Kier alpha value is -2.51. The highest BCUT2D eigenvalue weighted by Crippen LogP contribution is 2.16. The highest BCUT2D eigenvalue weighted by atomic mass is 35.5. The number of halogens is 1. The van der Waals surface area contributed by atoms with E-state index in [4.69, 9.17) is 16.3 Å². The van der Waals surface area contributed by atoms with Crippen LogP contribution in [-0.2, 0) is 19.1 Å². The lowest BCUT2D eigenvalue weighted by atomic mass is 10.1. The zero-order valence-corrected chi connectivity index (χ0v) is 17.2. The Kier molecular flexibility index (Phi) is 8.35. The topological polar surface area (TPSA) is 84.5 Å². The molecule has 0 unspecified atom stereocenters. The van der Waals surface area contributed by atoms with Crippen LogP contribution in [0, 0.1) is 13.8 Å². The van der Waals surface area contributed by atoms with Gasteiger partial charge in [-0.1, -0.05) is 23.7 Å². The number of ether oxygens (including phenoxy) is 1. The summed E-state index contributed by atoms with van der Waals surface area (Å²) in [6.07, 6.45) is 0. The second-order valence-electron chi connectivity index (χ2n) is 6.08. The van der Waals surface area contributed by atoms with Crippen LogP contribution >= 0.6 is 23.4 Å². The third-order valence-corrected chi connectivity index (χ3v) is 4.77. The molecule has 0 aliphatic rings. The van der Waals surface area contributed by atoms with E-state index < -0.39 is 11.9 Å². The van der Waals surface area contributed by atoms with E-state index in [0.29, 0.717) is 16.4 Å². The molecular formula is C20H21ClN2O4S. The van der Waals surface area contributed by atoms with Gasteiger partial charge in [0.05, 0.1) is 11.5 Å². The summed E-state index contributed by atoms with van der Waals surface area (Å²) in [7, 11) is 0. The molecule has 0 spiro atoms. The minimum absolute atomic E-state index is 0.0230. The lowest BCUT2D eigenvalue weighted by Gasteiger charge is -2.10. The molecular weight excluding hydrogens is 400 g/mol. The van der Waals surface area contributed by atoms with Gasteiger partial charge in [0.2, 0.25) is 5.91 Å². The molecule has 2 N–H and O–H groups in total. The molecule has 0 radical (unpaired) electrons. The largest absolute Gasteiger partial charge is 0.455 e. The quantitative estimate of drug-likeness (QED) is 0.634. The van der Waals surface area contributed by atoms with Crippen LogP contribution in [0.5, 0.6) is 0 Å². The number of benzene rings is 2. The lowest BCUT2D eigenvalue weighted by molar-refractivity contribution is -0.144. The molecule has 0 saturated carbocycles. The maximum atomic E-state index is 11.9. The Morgan fingerprint density at radius 2 is 1.68 bits per heavy atom. The molecule has 28 heavy (non-hydrogen) atoms. The number of rotatable bonds is 8. The molecule has 148 valence electrons. The zero-order valence-electron chi connectivity index (χ0n) is 15.6. The standard InChI is InChI=1S/C20H21ClN2O4S/c1-13-3-4-14(2)17(9-13)23-18(24)10-27-20(26)12-28-11-19(25)22-16-7-5-15(21)6-8-16/h3-9H,10-12H2,1-2H3,(H,22,25)(H,23,24). The molecule has 2 rings (SSSR count). The first kappa shape index (κ1) is 21.8. The van der Waals surface area contributed by atoms with Gasteiger partial charge in [0.25, 0.3) is 5.91 Å². The first-order chi connectivity index (χ1) is 13.3. The molecule has 2 amide bonds. The Labute approximate surface area is 173 Å². The molecule has 2 aromatic carbocycles. The molecule has 8 heteroatoms. The number of hydrogen-bond acceptors (Lipinski definition) is 5. The molecule has 0 heterocycles. The van der Waals surface area contributed by atoms with Crippen LogP contribution in [0.4, 0.5) is 11.4 Å². The Bertz CT molecular complexity index is 856. The summed E-state index contributed by atoms with van der Waals surface area (Å²) >= 11 is 6.89. The third kappa shape index (κ3) is 7.62. The lowest BCUT2D eigenvalue weighted by Crippen LogP contribution is -2.22. The number of thioether (sulfide) groups is 1. The van der Waals surface area contributed by atoms with Crippen molar-refractivity contribution in [2.24, 2.45) is 0 Å². The molecule has 0 aliphatic carbocycles. The van der Waals surface area contributed by atoms with Crippen LogP contribution in [0.15, 0.2) is 42.5 Å². The minimum Gasteiger partial charge on any atom is -0.455 e. The van der Waals surface area contributed by atoms with Crippen molar-refractivity contribution in [1.82, 2.24) is 0 Å². The summed E-state index contributed by atoms with van der Waals surface area (Å²) < 4.78 is 4.94. The summed E-state index contributed by atoms with van der Waals surface area (Å²) in [6.45, 7) is 3.44. The highest BCUT2D eigenvalue weighted by Gasteiger charge is 2.11. The number of esters is 1. The molecule has 0 fully saturated rings. The van der Waals surface area contributed by atoms with Gasteiger partial charge < -0.3 is 15.4 Å². The van der Waals surface area contributed by atoms with Gasteiger partial charge >= 0.3 is 5.97 Å². The van der Waals surface area contributed by atoms with Gasteiger partial charge in [-0.2, -0.15) is 0 Å². The highest BCUT2D eigenvalue weighted by molar-refractivity contribution is 8.00. The van der Waals surface area contributed by atoms with Crippen LogP contribution in [0.1, 0.15) is 11.1 Å². The van der Waals surface area contributed by atoms with E-state index in [-0.39, 0.29) is 24.0 Å². The van der Waals surface area contributed by atoms with E-state index >= 15 is 0 Å². The van der Waals surface area contributed by atoms with E-state index in [0.717, 1.165) is 22.9 Å². The van der Waals surface area contributed by atoms with Gasteiger partial charge in [-0.05, 0) is 55.3 Å². The second-order valence-corrected chi connectivity index (χ2v) is 7.50. The molecule has 6 nitrogen and oxygen atoms in total. The number of aryl methyl sites for hydroxylation is 2. The molecule has 0 bridgehead atoms. The fraction of sp³-hybridized carbons (Fsp3) is 0.250. The number of amides is 2. The van der Waals surface area contributed by atoms with Gasteiger partial charge in [-0.3, -0.25) is 14.4 Å². The Morgan fingerprint density at radius 3 is 2.39 bits per heavy atom. The maximum Gasteiger partial charge on any atom is 0.316 e. The van der Waals surface area contributed by atoms with E-state index in [1.165, 1.54) is 0 Å². The summed E-state index contributed by atoms with van der Waals surface area (Å²) in [4.78, 5) is 35.5. The zero-order chi connectivity index (χ0) is 20.5. The molecule has 0 atom stereocenters. The van der Waals surface area contributed by atoms with Crippen molar-refractivity contribution in [3.8, 4) is 0 Å². The van der Waals surface area contributed by atoms with Crippen molar-refractivity contribution in [2.75, 3.05) is 28.7 Å². The summed E-state index contributed by atoms with van der Waals surface area (Å²) in [5, 5.41) is 5.99.